The van der Waals surface area contributed by atoms with Crippen LogP contribution in [-0.2, 0) is 14.3 Å². The van der Waals surface area contributed by atoms with Crippen LogP contribution in [0.15, 0.2) is 23.1 Å². The van der Waals surface area contributed by atoms with Crippen LogP contribution in [0.3, 0.4) is 0 Å². The summed E-state index contributed by atoms with van der Waals surface area (Å²) in [6, 6.07) is 5.13. The number of nitrogens with zero attached hydrogens (tertiary/aromatic N) is 2. The van der Waals surface area contributed by atoms with E-state index in [0.717, 1.165) is 11.8 Å². The Morgan fingerprint density at radius 2 is 2.00 bits per heavy atom. The van der Waals surface area contributed by atoms with Crippen LogP contribution in [0.4, 0.5) is 0 Å². The summed E-state index contributed by atoms with van der Waals surface area (Å²) in [5, 5.41) is 0.902. The average molecular weight is 433 g/mol. The number of hydrogen-bond acceptors (Lipinski definition) is 6. The minimum absolute atomic E-state index is 0.0833. The van der Waals surface area contributed by atoms with Gasteiger partial charge in [0, 0.05) is 28.7 Å². The molecule has 1 aliphatic heterocycles. The van der Waals surface area contributed by atoms with Crippen LogP contribution in [0.2, 0.25) is 10.0 Å². The molecular weight excluding hydrogens is 415 g/mol. The number of rotatable bonds is 7. The molecule has 0 bridgehead atoms. The lowest BCUT2D eigenvalue weighted by Gasteiger charge is -2.14. The van der Waals surface area contributed by atoms with Crippen molar-refractivity contribution in [1.29, 1.82) is 0 Å². The van der Waals surface area contributed by atoms with Gasteiger partial charge in [-0.05, 0) is 32.3 Å². The first-order chi connectivity index (χ1) is 12.3. The number of thiocarbonyl (C=S) groups is 1. The van der Waals surface area contributed by atoms with Crippen LogP contribution in [0.1, 0.15) is 12.0 Å². The summed E-state index contributed by atoms with van der Waals surface area (Å²) in [4.78, 5) is 28.1. The highest BCUT2D eigenvalue weighted by Crippen LogP contribution is 2.35. The van der Waals surface area contributed by atoms with Gasteiger partial charge in [-0.25, -0.2) is 0 Å². The largest absolute Gasteiger partial charge is 0.464 e. The zero-order valence-electron chi connectivity index (χ0n) is 14.3. The van der Waals surface area contributed by atoms with Gasteiger partial charge in [0.15, 0.2) is 0 Å². The van der Waals surface area contributed by atoms with E-state index in [1.165, 1.54) is 4.90 Å². The maximum Gasteiger partial charge on any atom is 0.307 e. The molecule has 9 heteroatoms. The number of hydrogen-bond donors (Lipinski definition) is 0. The third-order valence-corrected chi connectivity index (χ3v) is 5.53. The summed E-state index contributed by atoms with van der Waals surface area (Å²) in [5.74, 6) is -0.629. The number of amides is 1. The van der Waals surface area contributed by atoms with Crippen molar-refractivity contribution in [2.75, 3.05) is 33.8 Å². The van der Waals surface area contributed by atoms with Crippen molar-refractivity contribution in [1.82, 2.24) is 9.80 Å². The van der Waals surface area contributed by atoms with Gasteiger partial charge in [-0.2, -0.15) is 0 Å². The van der Waals surface area contributed by atoms with Gasteiger partial charge >= 0.3 is 5.97 Å². The molecular formula is C17H18Cl2N2O3S2. The molecule has 1 aromatic rings. The number of thioether (sulfide) groups is 1. The molecule has 1 fully saturated rings. The second-order valence-electron chi connectivity index (χ2n) is 5.74. The predicted octanol–water partition coefficient (Wildman–Crippen LogP) is 3.69. The Morgan fingerprint density at radius 1 is 1.35 bits per heavy atom. The fourth-order valence-electron chi connectivity index (χ4n) is 2.09. The molecule has 0 radical (unpaired) electrons. The van der Waals surface area contributed by atoms with E-state index in [-0.39, 0.29) is 24.8 Å². The lowest BCUT2D eigenvalue weighted by atomic mass is 10.2. The van der Waals surface area contributed by atoms with E-state index < -0.39 is 0 Å². The van der Waals surface area contributed by atoms with Crippen molar-refractivity contribution in [2.24, 2.45) is 0 Å². The highest BCUT2D eigenvalue weighted by Gasteiger charge is 2.32. The first kappa shape index (κ1) is 21.2. The highest BCUT2D eigenvalue weighted by molar-refractivity contribution is 8.26. The van der Waals surface area contributed by atoms with Crippen molar-refractivity contribution in [2.45, 2.75) is 6.42 Å². The van der Waals surface area contributed by atoms with Crippen LogP contribution >= 0.6 is 47.2 Å². The number of halogens is 2. The molecule has 0 aromatic heterocycles. The van der Waals surface area contributed by atoms with Gasteiger partial charge in [0.25, 0.3) is 5.91 Å². The van der Waals surface area contributed by atoms with Crippen molar-refractivity contribution in [3.63, 3.8) is 0 Å². The maximum absolute atomic E-state index is 12.6. The smallest absolute Gasteiger partial charge is 0.307 e. The Hall–Kier alpha value is -1.12. The zero-order valence-corrected chi connectivity index (χ0v) is 17.5. The van der Waals surface area contributed by atoms with Gasteiger partial charge < -0.3 is 9.64 Å². The summed E-state index contributed by atoms with van der Waals surface area (Å²) < 4.78 is 5.51. The molecule has 0 atom stereocenters. The average Bonchev–Trinajstić information content (AvgIpc) is 2.82. The van der Waals surface area contributed by atoms with E-state index in [0.29, 0.717) is 38.0 Å². The van der Waals surface area contributed by atoms with Gasteiger partial charge in [0.1, 0.15) is 10.9 Å². The number of esters is 1. The van der Waals surface area contributed by atoms with Gasteiger partial charge in [0.05, 0.1) is 11.3 Å². The van der Waals surface area contributed by atoms with Crippen molar-refractivity contribution in [3.05, 3.63) is 38.7 Å². The SMILES string of the molecule is CN(C)CCOC(=O)CCN1C(=O)/C(=C/c2c(Cl)cccc2Cl)SC1=S. The molecule has 0 spiro atoms. The lowest BCUT2D eigenvalue weighted by molar-refractivity contribution is -0.144. The van der Waals surface area contributed by atoms with E-state index in [1.54, 1.807) is 24.3 Å². The standard InChI is InChI=1S/C17H18Cl2N2O3S2/c1-20(2)8-9-24-15(22)6-7-21-16(23)14(26-17(21)25)10-11-12(18)4-3-5-13(11)19/h3-5,10H,6-9H2,1-2H3/b14-10-. The molecule has 0 aliphatic carbocycles. The fraction of sp³-hybridized carbons (Fsp3) is 0.353. The topological polar surface area (TPSA) is 49.9 Å². The third-order valence-electron chi connectivity index (χ3n) is 3.49. The van der Waals surface area contributed by atoms with E-state index in [1.807, 2.05) is 19.0 Å². The molecule has 0 N–H and O–H groups in total. The quantitative estimate of drug-likeness (QED) is 0.372. The van der Waals surface area contributed by atoms with Crippen LogP contribution in [0, 0.1) is 0 Å². The van der Waals surface area contributed by atoms with Crippen molar-refractivity contribution < 1.29 is 14.3 Å². The first-order valence-electron chi connectivity index (χ1n) is 7.79. The molecule has 1 aliphatic rings. The van der Waals surface area contributed by atoms with Gasteiger partial charge in [-0.3, -0.25) is 14.5 Å². The van der Waals surface area contributed by atoms with E-state index in [4.69, 9.17) is 40.2 Å². The zero-order chi connectivity index (χ0) is 19.3. The molecule has 1 heterocycles. The monoisotopic (exact) mass is 432 g/mol. The minimum Gasteiger partial charge on any atom is -0.464 e. The summed E-state index contributed by atoms with van der Waals surface area (Å²) in [5.41, 5.74) is 0.569. The fourth-order valence-corrected chi connectivity index (χ4v) is 3.89. The molecule has 1 aromatic carbocycles. The summed E-state index contributed by atoms with van der Waals surface area (Å²) >= 11 is 18.7. The summed E-state index contributed by atoms with van der Waals surface area (Å²) in [7, 11) is 3.79. The number of ether oxygens (including phenoxy) is 1. The van der Waals surface area contributed by atoms with Crippen LogP contribution in [0.25, 0.3) is 6.08 Å². The van der Waals surface area contributed by atoms with E-state index >= 15 is 0 Å². The molecule has 5 nitrogen and oxygen atoms in total. The molecule has 0 unspecified atom stereocenters. The Morgan fingerprint density at radius 3 is 2.62 bits per heavy atom. The van der Waals surface area contributed by atoms with Crippen molar-refractivity contribution >= 4 is 69.5 Å². The van der Waals surface area contributed by atoms with Gasteiger partial charge in [0.2, 0.25) is 0 Å². The number of benzene rings is 1. The van der Waals surface area contributed by atoms with Gasteiger partial charge in [-0.1, -0.05) is 53.2 Å². The maximum atomic E-state index is 12.6. The van der Waals surface area contributed by atoms with E-state index in [9.17, 15) is 9.59 Å². The molecule has 1 amide bonds. The van der Waals surface area contributed by atoms with Crippen LogP contribution in [0.5, 0.6) is 0 Å². The minimum atomic E-state index is -0.362. The van der Waals surface area contributed by atoms with E-state index in [2.05, 4.69) is 0 Å². The third kappa shape index (κ3) is 5.69. The van der Waals surface area contributed by atoms with Crippen molar-refractivity contribution in [3.8, 4) is 0 Å². The number of carbonyl (C=O) groups excluding carboxylic acids is 2. The second kappa shape index (κ2) is 9.71. The Bertz CT molecular complexity index is 733. The molecule has 140 valence electrons. The summed E-state index contributed by atoms with van der Waals surface area (Å²) in [6.45, 7) is 1.14. The normalized spacial score (nSPS) is 16.0. The predicted molar refractivity (Wildman–Crippen MR) is 110 cm³/mol. The second-order valence-corrected chi connectivity index (χ2v) is 8.23. The Kier molecular flexibility index (Phi) is 7.91. The molecule has 1 saturated heterocycles. The van der Waals surface area contributed by atoms with Gasteiger partial charge in [-0.15, -0.1) is 0 Å². The molecule has 2 rings (SSSR count). The molecule has 26 heavy (non-hydrogen) atoms. The Balaban J connectivity index is 1.98. The number of likely N-dealkylation sites (N-methyl/N-ethyl adjacent to an activating group) is 1. The van der Waals surface area contributed by atoms with Crippen LogP contribution < -0.4 is 0 Å². The number of carbonyl (C=O) groups is 2. The lowest BCUT2D eigenvalue weighted by Crippen LogP contribution is -2.31. The highest BCUT2D eigenvalue weighted by atomic mass is 35.5. The first-order valence-corrected chi connectivity index (χ1v) is 9.77. The summed E-state index contributed by atoms with van der Waals surface area (Å²) in [6.07, 6.45) is 1.71. The van der Waals surface area contributed by atoms with Crippen LogP contribution in [-0.4, -0.2) is 59.8 Å². The Labute approximate surface area is 172 Å². The molecule has 0 saturated carbocycles.